The fourth-order valence-electron chi connectivity index (χ4n) is 3.28. The Bertz CT molecular complexity index is 1020. The Morgan fingerprint density at radius 3 is 2.57 bits per heavy atom. The van der Waals surface area contributed by atoms with Gasteiger partial charge in [0.2, 0.25) is 0 Å². The van der Waals surface area contributed by atoms with E-state index in [2.05, 4.69) is 20.3 Å². The molecule has 30 heavy (non-hydrogen) atoms. The molecule has 0 bridgehead atoms. The zero-order chi connectivity index (χ0) is 20.9. The number of halogens is 1. The quantitative estimate of drug-likeness (QED) is 0.618. The van der Waals surface area contributed by atoms with E-state index in [9.17, 15) is 4.79 Å². The Morgan fingerprint density at radius 2 is 1.87 bits per heavy atom. The fraction of sp³-hybridized carbons (Fsp3) is 0.238. The molecule has 1 aliphatic rings. The van der Waals surface area contributed by atoms with Gasteiger partial charge in [0.1, 0.15) is 5.75 Å². The van der Waals surface area contributed by atoms with E-state index in [4.69, 9.17) is 21.4 Å². The fourth-order valence-corrected chi connectivity index (χ4v) is 3.46. The van der Waals surface area contributed by atoms with E-state index in [1.165, 1.54) is 4.90 Å². The molecule has 4 rings (SSSR count). The molecule has 0 aliphatic carbocycles. The highest BCUT2D eigenvalue weighted by Crippen LogP contribution is 2.25. The van der Waals surface area contributed by atoms with Crippen molar-refractivity contribution in [3.8, 4) is 22.9 Å². The molecule has 2 N–H and O–H groups in total. The Morgan fingerprint density at radius 1 is 1.10 bits per heavy atom. The van der Waals surface area contributed by atoms with Gasteiger partial charge in [-0.05, 0) is 37.1 Å². The summed E-state index contributed by atoms with van der Waals surface area (Å²) in [6.07, 6.45) is 7.52. The number of rotatable bonds is 5. The number of benzene rings is 1. The number of hydrogen-bond donors (Lipinski definition) is 2. The maximum absolute atomic E-state index is 11.0. The van der Waals surface area contributed by atoms with Crippen LogP contribution >= 0.6 is 11.6 Å². The van der Waals surface area contributed by atoms with Crippen molar-refractivity contribution in [2.24, 2.45) is 0 Å². The molecule has 0 radical (unpaired) electrons. The van der Waals surface area contributed by atoms with Gasteiger partial charge in [-0.25, -0.2) is 14.8 Å². The van der Waals surface area contributed by atoms with Crippen molar-refractivity contribution in [3.05, 3.63) is 60.1 Å². The van der Waals surface area contributed by atoms with E-state index in [0.717, 1.165) is 29.7 Å². The molecular formula is C21H20ClN5O3. The van der Waals surface area contributed by atoms with Crippen LogP contribution in [0.25, 0.3) is 11.1 Å². The van der Waals surface area contributed by atoms with Crippen LogP contribution in [0.5, 0.6) is 11.8 Å². The lowest BCUT2D eigenvalue weighted by molar-refractivity contribution is 0.134. The number of aromatic nitrogens is 3. The van der Waals surface area contributed by atoms with E-state index in [1.54, 1.807) is 49.1 Å². The second kappa shape index (κ2) is 8.96. The second-order valence-corrected chi connectivity index (χ2v) is 7.40. The molecule has 1 aliphatic heterocycles. The zero-order valence-corrected chi connectivity index (χ0v) is 16.8. The Hall–Kier alpha value is -3.39. The predicted octanol–water partition coefficient (Wildman–Crippen LogP) is 4.54. The number of nitrogens with zero attached hydrogens (tertiary/aromatic N) is 4. The molecule has 1 fully saturated rings. The molecule has 0 saturated carbocycles. The number of likely N-dealkylation sites (tertiary alicyclic amines) is 1. The van der Waals surface area contributed by atoms with Gasteiger partial charge in [-0.2, -0.15) is 0 Å². The minimum atomic E-state index is -0.861. The first-order chi connectivity index (χ1) is 14.6. The van der Waals surface area contributed by atoms with Crippen molar-refractivity contribution in [2.45, 2.75) is 18.9 Å². The smallest absolute Gasteiger partial charge is 0.407 e. The SMILES string of the molecule is O=C(O)N1CCC(Nc2cncc(-c3cnc(Oc4cccc(Cl)c4)nc3)c2)CC1. The third kappa shape index (κ3) is 4.96. The standard InChI is InChI=1S/C21H20ClN5O3/c22-16-2-1-3-19(9-16)30-20-24-11-15(12-25-20)14-8-18(13-23-10-14)26-17-4-6-27(7-5-17)21(28)29/h1-3,8-13,17,26H,4-7H2,(H,28,29). The van der Waals surface area contributed by atoms with Crippen LogP contribution in [0.15, 0.2) is 55.1 Å². The average molecular weight is 426 g/mol. The molecule has 3 heterocycles. The molecule has 1 amide bonds. The monoisotopic (exact) mass is 425 g/mol. The van der Waals surface area contributed by atoms with Crippen molar-refractivity contribution in [1.29, 1.82) is 0 Å². The van der Waals surface area contributed by atoms with Gasteiger partial charge >= 0.3 is 12.1 Å². The molecule has 154 valence electrons. The number of carboxylic acid groups (broad SMARTS) is 1. The molecule has 1 saturated heterocycles. The molecule has 0 atom stereocenters. The van der Waals surface area contributed by atoms with Crippen molar-refractivity contribution in [1.82, 2.24) is 19.9 Å². The van der Waals surface area contributed by atoms with Crippen molar-refractivity contribution in [3.63, 3.8) is 0 Å². The van der Waals surface area contributed by atoms with Gasteiger partial charge in [0.05, 0.1) is 5.69 Å². The Balaban J connectivity index is 1.40. The minimum absolute atomic E-state index is 0.211. The predicted molar refractivity (Wildman–Crippen MR) is 113 cm³/mol. The maximum atomic E-state index is 11.0. The summed E-state index contributed by atoms with van der Waals surface area (Å²) in [7, 11) is 0. The van der Waals surface area contributed by atoms with Gasteiger partial charge in [0.25, 0.3) is 0 Å². The molecule has 0 spiro atoms. The zero-order valence-electron chi connectivity index (χ0n) is 16.0. The highest BCUT2D eigenvalue weighted by molar-refractivity contribution is 6.30. The lowest BCUT2D eigenvalue weighted by atomic mass is 10.0. The van der Waals surface area contributed by atoms with E-state index < -0.39 is 6.09 Å². The summed E-state index contributed by atoms with van der Waals surface area (Å²) in [5.74, 6) is 0.567. The topological polar surface area (TPSA) is 100 Å². The summed E-state index contributed by atoms with van der Waals surface area (Å²) in [6, 6.07) is 9.45. The number of pyridine rings is 1. The van der Waals surface area contributed by atoms with Gasteiger partial charge in [0.15, 0.2) is 0 Å². The van der Waals surface area contributed by atoms with Crippen LogP contribution in [0.4, 0.5) is 10.5 Å². The molecule has 1 aromatic carbocycles. The summed E-state index contributed by atoms with van der Waals surface area (Å²) in [6.45, 7) is 1.06. The third-order valence-electron chi connectivity index (χ3n) is 4.84. The van der Waals surface area contributed by atoms with Crippen molar-refractivity contribution in [2.75, 3.05) is 18.4 Å². The van der Waals surface area contributed by atoms with Gasteiger partial charge in [-0.1, -0.05) is 17.7 Å². The van der Waals surface area contributed by atoms with Gasteiger partial charge in [-0.15, -0.1) is 0 Å². The van der Waals surface area contributed by atoms with E-state index in [-0.39, 0.29) is 12.1 Å². The molecule has 0 unspecified atom stereocenters. The summed E-state index contributed by atoms with van der Waals surface area (Å²) >= 11 is 5.96. The highest BCUT2D eigenvalue weighted by atomic mass is 35.5. The second-order valence-electron chi connectivity index (χ2n) is 6.96. The summed E-state index contributed by atoms with van der Waals surface area (Å²) < 4.78 is 5.62. The van der Waals surface area contributed by atoms with E-state index >= 15 is 0 Å². The van der Waals surface area contributed by atoms with Crippen molar-refractivity contribution < 1.29 is 14.6 Å². The largest absolute Gasteiger partial charge is 0.465 e. The van der Waals surface area contributed by atoms with E-state index in [0.29, 0.717) is 23.9 Å². The Kier molecular flexibility index (Phi) is 5.94. The van der Waals surface area contributed by atoms with Crippen LogP contribution in [0.3, 0.4) is 0 Å². The number of ether oxygens (including phenoxy) is 1. The third-order valence-corrected chi connectivity index (χ3v) is 5.08. The number of amides is 1. The molecular weight excluding hydrogens is 406 g/mol. The Labute approximate surface area is 178 Å². The molecule has 9 heteroatoms. The van der Waals surface area contributed by atoms with Crippen LogP contribution in [-0.4, -0.2) is 50.2 Å². The molecule has 2 aromatic heterocycles. The summed E-state index contributed by atoms with van der Waals surface area (Å²) in [5.41, 5.74) is 2.56. The first-order valence-electron chi connectivity index (χ1n) is 9.52. The minimum Gasteiger partial charge on any atom is -0.465 e. The number of anilines is 1. The van der Waals surface area contributed by atoms with E-state index in [1.807, 2.05) is 6.07 Å². The van der Waals surface area contributed by atoms with Crippen LogP contribution in [-0.2, 0) is 0 Å². The number of hydrogen-bond acceptors (Lipinski definition) is 6. The van der Waals surface area contributed by atoms with Crippen LogP contribution in [0.2, 0.25) is 5.02 Å². The average Bonchev–Trinajstić information content (AvgIpc) is 2.75. The van der Waals surface area contributed by atoms with Crippen LogP contribution in [0.1, 0.15) is 12.8 Å². The highest BCUT2D eigenvalue weighted by Gasteiger charge is 2.22. The normalized spacial score (nSPS) is 14.4. The summed E-state index contributed by atoms with van der Waals surface area (Å²) in [4.78, 5) is 25.3. The molecule has 3 aromatic rings. The van der Waals surface area contributed by atoms with Gasteiger partial charge in [-0.3, -0.25) is 4.98 Å². The lowest BCUT2D eigenvalue weighted by Crippen LogP contribution is -2.41. The first kappa shape index (κ1) is 19.9. The van der Waals surface area contributed by atoms with Crippen LogP contribution < -0.4 is 10.1 Å². The maximum Gasteiger partial charge on any atom is 0.407 e. The first-order valence-corrected chi connectivity index (χ1v) is 9.90. The van der Waals surface area contributed by atoms with Crippen molar-refractivity contribution >= 4 is 23.4 Å². The van der Waals surface area contributed by atoms with Crippen LogP contribution in [0, 0.1) is 0 Å². The number of nitrogens with one attached hydrogen (secondary N) is 1. The lowest BCUT2D eigenvalue weighted by Gasteiger charge is -2.31. The number of carbonyl (C=O) groups is 1. The number of piperidine rings is 1. The molecule has 8 nitrogen and oxygen atoms in total. The summed E-state index contributed by atoms with van der Waals surface area (Å²) in [5, 5.41) is 13.1. The van der Waals surface area contributed by atoms with Gasteiger partial charge in [0, 0.05) is 60.1 Å². The van der Waals surface area contributed by atoms with Gasteiger partial charge < -0.3 is 20.1 Å².